The smallest absolute Gasteiger partial charge is 0.395 e. The number of nitrogens with two attached hydrogens (primary N) is 1. The third-order valence-electron chi connectivity index (χ3n) is 7.81. The number of aliphatic hydroxyl groups is 1. The lowest BCUT2D eigenvalue weighted by molar-refractivity contribution is -0.137. The number of rotatable bonds is 9. The van der Waals surface area contributed by atoms with E-state index in [4.69, 9.17) is 5.73 Å². The molecule has 3 aromatic carbocycles. The number of hydrogen-bond acceptors (Lipinski definition) is 5. The molecular weight excluding hydrogens is 560 g/mol. The van der Waals surface area contributed by atoms with Gasteiger partial charge >= 0.3 is 6.18 Å². The summed E-state index contributed by atoms with van der Waals surface area (Å²) >= 11 is 0. The van der Waals surface area contributed by atoms with Crippen LogP contribution < -0.4 is 10.6 Å². The number of benzene rings is 3. The van der Waals surface area contributed by atoms with Crippen molar-refractivity contribution < 1.29 is 35.9 Å². The first-order valence-corrected chi connectivity index (χ1v) is 14.9. The SMILES string of the molecule is CCS(=O)(=O)c1ccc([C@@H](CO)c2cc(N3CC(c4ccc(C(F)(F)F)cc4)CC[C@H]3CF)ccc2C(N)=O)cc1. The molecule has 1 aliphatic rings. The summed E-state index contributed by atoms with van der Waals surface area (Å²) in [6.45, 7) is 0.814. The van der Waals surface area contributed by atoms with E-state index in [2.05, 4.69) is 0 Å². The summed E-state index contributed by atoms with van der Waals surface area (Å²) in [4.78, 5) is 14.3. The Morgan fingerprint density at radius 1 is 1.05 bits per heavy atom. The highest BCUT2D eigenvalue weighted by atomic mass is 32.2. The molecule has 220 valence electrons. The van der Waals surface area contributed by atoms with E-state index in [1.54, 1.807) is 24.3 Å². The molecule has 0 aliphatic carbocycles. The van der Waals surface area contributed by atoms with E-state index in [1.807, 2.05) is 4.90 Å². The standard InChI is InChI=1S/C30H32F4N2O4S/c1-2-41(39,40)25-12-6-20(7-13-25)28(18-37)27-15-23(11-14-26(27)29(35)38)36-17-21(5-10-24(36)16-31)19-3-8-22(9-4-19)30(32,33)34/h3-4,6-9,11-15,21,24,28,37H,2,5,10,16-18H2,1H3,(H2,35,38)/t21?,24-,28+/m0/s1. The fraction of sp³-hybridized carbons (Fsp3) is 0.367. The van der Waals surface area contributed by atoms with Gasteiger partial charge in [-0.25, -0.2) is 12.8 Å². The Hall–Kier alpha value is -3.44. The lowest BCUT2D eigenvalue weighted by Crippen LogP contribution is -2.44. The minimum atomic E-state index is -4.44. The van der Waals surface area contributed by atoms with Gasteiger partial charge in [-0.15, -0.1) is 0 Å². The van der Waals surface area contributed by atoms with Crippen LogP contribution in [0.3, 0.4) is 0 Å². The molecule has 0 saturated carbocycles. The van der Waals surface area contributed by atoms with Gasteiger partial charge in [0.2, 0.25) is 5.91 Å². The van der Waals surface area contributed by atoms with Crippen LogP contribution in [0.1, 0.15) is 64.2 Å². The Kier molecular flexibility index (Phi) is 9.08. The molecule has 11 heteroatoms. The topological polar surface area (TPSA) is 101 Å². The number of carbonyl (C=O) groups is 1. The zero-order valence-electron chi connectivity index (χ0n) is 22.4. The van der Waals surface area contributed by atoms with E-state index in [-0.39, 0.29) is 22.1 Å². The van der Waals surface area contributed by atoms with E-state index in [0.717, 1.165) is 12.1 Å². The van der Waals surface area contributed by atoms with Crippen molar-refractivity contribution in [3.8, 4) is 0 Å². The number of primary amides is 1. The van der Waals surface area contributed by atoms with E-state index in [1.165, 1.54) is 37.3 Å². The van der Waals surface area contributed by atoms with Crippen LogP contribution in [0, 0.1) is 0 Å². The fourth-order valence-corrected chi connectivity index (χ4v) is 6.30. The molecule has 6 nitrogen and oxygen atoms in total. The number of hydrogen-bond donors (Lipinski definition) is 2. The van der Waals surface area contributed by atoms with Gasteiger partial charge in [-0.05, 0) is 72.0 Å². The molecule has 0 radical (unpaired) electrons. The predicted molar refractivity (Wildman–Crippen MR) is 149 cm³/mol. The highest BCUT2D eigenvalue weighted by molar-refractivity contribution is 7.91. The first-order valence-electron chi connectivity index (χ1n) is 13.3. The van der Waals surface area contributed by atoms with Gasteiger partial charge in [0.15, 0.2) is 9.84 Å². The highest BCUT2D eigenvalue weighted by Crippen LogP contribution is 2.38. The van der Waals surface area contributed by atoms with Gasteiger partial charge in [0, 0.05) is 29.6 Å². The predicted octanol–water partition coefficient (Wildman–Crippen LogP) is 5.44. The van der Waals surface area contributed by atoms with Gasteiger partial charge in [-0.1, -0.05) is 31.2 Å². The number of halogens is 4. The Balaban J connectivity index is 1.70. The zero-order valence-corrected chi connectivity index (χ0v) is 23.3. The second-order valence-corrected chi connectivity index (χ2v) is 12.5. The van der Waals surface area contributed by atoms with E-state index in [0.29, 0.717) is 41.8 Å². The first-order chi connectivity index (χ1) is 19.4. The molecule has 41 heavy (non-hydrogen) atoms. The molecule has 3 atom stereocenters. The molecule has 1 aliphatic heterocycles. The van der Waals surface area contributed by atoms with Gasteiger partial charge in [0.05, 0.1) is 28.9 Å². The summed E-state index contributed by atoms with van der Waals surface area (Å²) in [6.07, 6.45) is -3.39. The number of nitrogens with zero attached hydrogens (tertiary/aromatic N) is 1. The van der Waals surface area contributed by atoms with Crippen molar-refractivity contribution in [3.63, 3.8) is 0 Å². The second-order valence-electron chi connectivity index (χ2n) is 10.2. The summed E-state index contributed by atoms with van der Waals surface area (Å²) in [5.41, 5.74) is 7.32. The summed E-state index contributed by atoms with van der Waals surface area (Å²) < 4.78 is 77.8. The van der Waals surface area contributed by atoms with Crippen molar-refractivity contribution in [1.29, 1.82) is 0 Å². The second kappa shape index (κ2) is 12.2. The molecule has 1 heterocycles. The molecule has 1 unspecified atom stereocenters. The molecule has 4 rings (SSSR count). The van der Waals surface area contributed by atoms with Crippen LogP contribution in [0.5, 0.6) is 0 Å². The average Bonchev–Trinajstić information content (AvgIpc) is 2.97. The Morgan fingerprint density at radius 3 is 2.24 bits per heavy atom. The van der Waals surface area contributed by atoms with Crippen molar-refractivity contribution in [2.75, 3.05) is 30.5 Å². The summed E-state index contributed by atoms with van der Waals surface area (Å²) in [7, 11) is -3.44. The molecular formula is C30H32F4N2O4S. The summed E-state index contributed by atoms with van der Waals surface area (Å²) in [6, 6.07) is 15.4. The summed E-state index contributed by atoms with van der Waals surface area (Å²) in [5, 5.41) is 10.4. The lowest BCUT2D eigenvalue weighted by Gasteiger charge is -2.41. The largest absolute Gasteiger partial charge is 0.416 e. The quantitative estimate of drug-likeness (QED) is 0.322. The van der Waals surface area contributed by atoms with E-state index < -0.39 is 52.7 Å². The number of alkyl halides is 4. The number of amides is 1. The lowest BCUT2D eigenvalue weighted by atomic mass is 9.85. The third kappa shape index (κ3) is 6.56. The van der Waals surface area contributed by atoms with Crippen molar-refractivity contribution >= 4 is 21.4 Å². The summed E-state index contributed by atoms with van der Waals surface area (Å²) in [5.74, 6) is -1.67. The van der Waals surface area contributed by atoms with Crippen molar-refractivity contribution in [1.82, 2.24) is 0 Å². The van der Waals surface area contributed by atoms with Gasteiger partial charge < -0.3 is 15.7 Å². The van der Waals surface area contributed by atoms with Crippen molar-refractivity contribution in [3.05, 3.63) is 94.5 Å². The molecule has 1 saturated heterocycles. The monoisotopic (exact) mass is 592 g/mol. The van der Waals surface area contributed by atoms with Gasteiger partial charge in [-0.3, -0.25) is 4.79 Å². The van der Waals surface area contributed by atoms with E-state index in [9.17, 15) is 35.9 Å². The van der Waals surface area contributed by atoms with Crippen LogP contribution in [-0.4, -0.2) is 51.1 Å². The zero-order chi connectivity index (χ0) is 29.9. The minimum Gasteiger partial charge on any atom is -0.395 e. The molecule has 0 spiro atoms. The maximum atomic E-state index is 14.2. The van der Waals surface area contributed by atoms with Crippen molar-refractivity contribution in [2.24, 2.45) is 5.73 Å². The Bertz CT molecular complexity index is 1480. The van der Waals surface area contributed by atoms with Crippen LogP contribution in [0.2, 0.25) is 0 Å². The molecule has 0 bridgehead atoms. The van der Waals surface area contributed by atoms with Crippen LogP contribution in [-0.2, 0) is 16.0 Å². The molecule has 1 amide bonds. The van der Waals surface area contributed by atoms with E-state index >= 15 is 0 Å². The van der Waals surface area contributed by atoms with Crippen LogP contribution in [0.4, 0.5) is 23.2 Å². The number of anilines is 1. The Morgan fingerprint density at radius 2 is 1.71 bits per heavy atom. The maximum absolute atomic E-state index is 14.2. The van der Waals surface area contributed by atoms with Crippen LogP contribution in [0.25, 0.3) is 0 Å². The van der Waals surface area contributed by atoms with Gasteiger partial charge in [0.25, 0.3) is 0 Å². The average molecular weight is 593 g/mol. The highest BCUT2D eigenvalue weighted by Gasteiger charge is 2.33. The third-order valence-corrected chi connectivity index (χ3v) is 9.56. The molecule has 3 N–H and O–H groups in total. The number of carbonyl (C=O) groups excluding carboxylic acids is 1. The first kappa shape index (κ1) is 30.5. The molecule has 3 aromatic rings. The number of aliphatic hydroxyl groups excluding tert-OH is 1. The van der Waals surface area contributed by atoms with Gasteiger partial charge in [-0.2, -0.15) is 13.2 Å². The fourth-order valence-electron chi connectivity index (χ4n) is 5.42. The Labute approximate surface area is 236 Å². The number of piperidine rings is 1. The molecule has 0 aromatic heterocycles. The van der Waals surface area contributed by atoms with Gasteiger partial charge in [0.1, 0.15) is 6.67 Å². The normalized spacial score (nSPS) is 18.7. The van der Waals surface area contributed by atoms with Crippen LogP contribution >= 0.6 is 0 Å². The van der Waals surface area contributed by atoms with Crippen LogP contribution in [0.15, 0.2) is 71.6 Å². The van der Waals surface area contributed by atoms with Crippen molar-refractivity contribution in [2.45, 2.75) is 48.7 Å². The molecule has 1 fully saturated rings. The minimum absolute atomic E-state index is 0.0668. The maximum Gasteiger partial charge on any atom is 0.416 e. The number of sulfone groups is 1.